The Labute approximate surface area is 109 Å². The average Bonchev–Trinajstić information content (AvgIpc) is 2.36. The highest BCUT2D eigenvalue weighted by molar-refractivity contribution is 5.28. The van der Waals surface area contributed by atoms with Crippen molar-refractivity contribution < 1.29 is 14.6 Å². The quantitative estimate of drug-likeness (QED) is 0.738. The Bertz CT molecular complexity index is 342. The molecule has 1 atom stereocenters. The molecule has 4 heteroatoms. The lowest BCUT2D eigenvalue weighted by atomic mass is 10.2. The minimum absolute atomic E-state index is 0.228. The molecule has 0 radical (unpaired) electrons. The summed E-state index contributed by atoms with van der Waals surface area (Å²) < 4.78 is 10.8. The van der Waals surface area contributed by atoms with Crippen molar-refractivity contribution in [3.63, 3.8) is 0 Å². The number of hydrogen-bond acceptors (Lipinski definition) is 4. The maximum absolute atomic E-state index is 9.68. The van der Waals surface area contributed by atoms with Crippen molar-refractivity contribution in [3.05, 3.63) is 29.8 Å². The van der Waals surface area contributed by atoms with Crippen molar-refractivity contribution in [2.24, 2.45) is 11.7 Å². The minimum Gasteiger partial charge on any atom is -0.491 e. The molecule has 18 heavy (non-hydrogen) atoms. The molecule has 1 aromatic rings. The Morgan fingerprint density at radius 3 is 2.67 bits per heavy atom. The van der Waals surface area contributed by atoms with Gasteiger partial charge in [-0.1, -0.05) is 26.0 Å². The summed E-state index contributed by atoms with van der Waals surface area (Å²) in [6.45, 7) is 5.81. The smallest absolute Gasteiger partial charge is 0.119 e. The van der Waals surface area contributed by atoms with Gasteiger partial charge in [-0.05, 0) is 23.6 Å². The molecule has 0 bridgehead atoms. The van der Waals surface area contributed by atoms with Crippen molar-refractivity contribution in [3.8, 4) is 5.75 Å². The molecule has 0 fully saturated rings. The summed E-state index contributed by atoms with van der Waals surface area (Å²) in [5, 5.41) is 9.68. The molecule has 102 valence electrons. The summed E-state index contributed by atoms with van der Waals surface area (Å²) in [5.74, 6) is 1.19. The van der Waals surface area contributed by atoms with E-state index in [1.165, 1.54) is 0 Å². The van der Waals surface area contributed by atoms with Crippen LogP contribution in [-0.2, 0) is 11.3 Å². The lowest BCUT2D eigenvalue weighted by Gasteiger charge is -2.14. The predicted octanol–water partition coefficient (Wildman–Crippen LogP) is 1.56. The zero-order chi connectivity index (χ0) is 13.4. The molecule has 0 spiro atoms. The molecular formula is C14H23NO3. The number of ether oxygens (including phenoxy) is 2. The van der Waals surface area contributed by atoms with Gasteiger partial charge in [-0.25, -0.2) is 0 Å². The van der Waals surface area contributed by atoms with Gasteiger partial charge >= 0.3 is 0 Å². The van der Waals surface area contributed by atoms with Crippen LogP contribution in [0.25, 0.3) is 0 Å². The van der Waals surface area contributed by atoms with Crippen molar-refractivity contribution in [1.82, 2.24) is 0 Å². The van der Waals surface area contributed by atoms with E-state index in [9.17, 15) is 5.11 Å². The Hall–Kier alpha value is -1.10. The van der Waals surface area contributed by atoms with E-state index >= 15 is 0 Å². The third-order valence-corrected chi connectivity index (χ3v) is 2.34. The van der Waals surface area contributed by atoms with Crippen molar-refractivity contribution in [1.29, 1.82) is 0 Å². The zero-order valence-electron chi connectivity index (χ0n) is 11.1. The van der Waals surface area contributed by atoms with Gasteiger partial charge in [0, 0.05) is 13.2 Å². The van der Waals surface area contributed by atoms with Gasteiger partial charge in [-0.3, -0.25) is 0 Å². The highest BCUT2D eigenvalue weighted by atomic mass is 16.5. The Morgan fingerprint density at radius 1 is 1.22 bits per heavy atom. The Morgan fingerprint density at radius 2 is 2.00 bits per heavy atom. The first-order chi connectivity index (χ1) is 8.61. The first kappa shape index (κ1) is 15.0. The Kier molecular flexibility index (Phi) is 6.72. The maximum atomic E-state index is 9.68. The van der Waals surface area contributed by atoms with Crippen LogP contribution in [0.5, 0.6) is 5.75 Å². The molecule has 0 aliphatic rings. The second-order valence-corrected chi connectivity index (χ2v) is 4.75. The van der Waals surface area contributed by atoms with Crippen LogP contribution in [0.3, 0.4) is 0 Å². The molecular weight excluding hydrogens is 230 g/mol. The van der Waals surface area contributed by atoms with E-state index in [-0.39, 0.29) is 6.61 Å². The molecule has 0 aliphatic carbocycles. The first-order valence-corrected chi connectivity index (χ1v) is 6.29. The third-order valence-electron chi connectivity index (χ3n) is 2.34. The molecule has 3 N–H and O–H groups in total. The summed E-state index contributed by atoms with van der Waals surface area (Å²) >= 11 is 0. The standard InChI is InChI=1S/C14H23NO3/c1-11(2)8-17-9-13(16)10-18-14-5-3-4-12(6-14)7-15/h3-6,11,13,16H,7-10,15H2,1-2H3. The van der Waals surface area contributed by atoms with Crippen LogP contribution in [-0.4, -0.2) is 31.0 Å². The number of nitrogens with two attached hydrogens (primary N) is 1. The van der Waals surface area contributed by atoms with Gasteiger partial charge in [0.2, 0.25) is 0 Å². The SMILES string of the molecule is CC(C)COCC(O)COc1cccc(CN)c1. The summed E-state index contributed by atoms with van der Waals surface area (Å²) in [5.41, 5.74) is 6.56. The van der Waals surface area contributed by atoms with Crippen molar-refractivity contribution in [2.45, 2.75) is 26.5 Å². The van der Waals surface area contributed by atoms with E-state index in [0.29, 0.717) is 25.7 Å². The molecule has 0 saturated heterocycles. The summed E-state index contributed by atoms with van der Waals surface area (Å²) in [6.07, 6.45) is -0.606. The van der Waals surface area contributed by atoms with E-state index in [2.05, 4.69) is 13.8 Å². The van der Waals surface area contributed by atoms with Gasteiger partial charge in [-0.15, -0.1) is 0 Å². The van der Waals surface area contributed by atoms with Crippen molar-refractivity contribution >= 4 is 0 Å². The predicted molar refractivity (Wildman–Crippen MR) is 71.5 cm³/mol. The van der Waals surface area contributed by atoms with Crippen LogP contribution in [0, 0.1) is 5.92 Å². The highest BCUT2D eigenvalue weighted by Crippen LogP contribution is 2.13. The lowest BCUT2D eigenvalue weighted by Crippen LogP contribution is -2.24. The van der Waals surface area contributed by atoms with Gasteiger partial charge in [-0.2, -0.15) is 0 Å². The van der Waals surface area contributed by atoms with E-state index in [1.807, 2.05) is 24.3 Å². The molecule has 4 nitrogen and oxygen atoms in total. The van der Waals surface area contributed by atoms with Crippen LogP contribution in [0.15, 0.2) is 24.3 Å². The van der Waals surface area contributed by atoms with E-state index in [4.69, 9.17) is 15.2 Å². The molecule has 0 aromatic heterocycles. The molecule has 0 aliphatic heterocycles. The molecule has 1 aromatic carbocycles. The molecule has 0 heterocycles. The number of benzene rings is 1. The summed E-state index contributed by atoms with van der Waals surface area (Å²) in [7, 11) is 0. The fraction of sp³-hybridized carbons (Fsp3) is 0.571. The molecule has 0 amide bonds. The number of rotatable bonds is 8. The monoisotopic (exact) mass is 253 g/mol. The van der Waals surface area contributed by atoms with Gasteiger partial charge in [0.25, 0.3) is 0 Å². The maximum Gasteiger partial charge on any atom is 0.119 e. The normalized spacial score (nSPS) is 12.7. The van der Waals surface area contributed by atoms with Gasteiger partial charge < -0.3 is 20.3 Å². The second-order valence-electron chi connectivity index (χ2n) is 4.75. The van der Waals surface area contributed by atoms with Crippen LogP contribution >= 0.6 is 0 Å². The highest BCUT2D eigenvalue weighted by Gasteiger charge is 2.06. The number of hydrogen-bond donors (Lipinski definition) is 2. The van der Waals surface area contributed by atoms with Crippen LogP contribution in [0.1, 0.15) is 19.4 Å². The molecule has 1 rings (SSSR count). The summed E-state index contributed by atoms with van der Waals surface area (Å²) in [4.78, 5) is 0. The van der Waals surface area contributed by atoms with E-state index < -0.39 is 6.10 Å². The fourth-order valence-electron chi connectivity index (χ4n) is 1.44. The van der Waals surface area contributed by atoms with Gasteiger partial charge in [0.05, 0.1) is 6.61 Å². The van der Waals surface area contributed by atoms with E-state index in [1.54, 1.807) is 0 Å². The summed E-state index contributed by atoms with van der Waals surface area (Å²) in [6, 6.07) is 7.55. The van der Waals surface area contributed by atoms with Crippen LogP contribution < -0.4 is 10.5 Å². The number of aliphatic hydroxyl groups excluding tert-OH is 1. The minimum atomic E-state index is -0.606. The fourth-order valence-corrected chi connectivity index (χ4v) is 1.44. The first-order valence-electron chi connectivity index (χ1n) is 6.29. The van der Waals surface area contributed by atoms with Gasteiger partial charge in [0.15, 0.2) is 0 Å². The average molecular weight is 253 g/mol. The third kappa shape index (κ3) is 6.00. The topological polar surface area (TPSA) is 64.7 Å². The Balaban J connectivity index is 2.26. The van der Waals surface area contributed by atoms with Crippen LogP contribution in [0.4, 0.5) is 0 Å². The van der Waals surface area contributed by atoms with E-state index in [0.717, 1.165) is 11.3 Å². The zero-order valence-corrected chi connectivity index (χ0v) is 11.1. The van der Waals surface area contributed by atoms with Crippen molar-refractivity contribution in [2.75, 3.05) is 19.8 Å². The largest absolute Gasteiger partial charge is 0.491 e. The van der Waals surface area contributed by atoms with Crippen LogP contribution in [0.2, 0.25) is 0 Å². The van der Waals surface area contributed by atoms with Gasteiger partial charge in [0.1, 0.15) is 18.5 Å². The number of aliphatic hydroxyl groups is 1. The lowest BCUT2D eigenvalue weighted by molar-refractivity contribution is 0.00392. The molecule has 0 saturated carbocycles. The second kappa shape index (κ2) is 8.08. The molecule has 1 unspecified atom stereocenters.